The highest BCUT2D eigenvalue weighted by atomic mass is 16.5. The molecule has 158 valence electrons. The van der Waals surface area contributed by atoms with Gasteiger partial charge in [0.15, 0.2) is 0 Å². The molecule has 1 saturated carbocycles. The molecular formula is C24H29N3O3. The van der Waals surface area contributed by atoms with Gasteiger partial charge in [0.25, 0.3) is 0 Å². The van der Waals surface area contributed by atoms with Gasteiger partial charge < -0.3 is 19.7 Å². The number of hydrogen-bond acceptors (Lipinski definition) is 4. The molecule has 1 aromatic heterocycles. The number of nitrogens with zero attached hydrogens (tertiary/aromatic N) is 2. The summed E-state index contributed by atoms with van der Waals surface area (Å²) in [7, 11) is 4.16. The fourth-order valence-corrected chi connectivity index (χ4v) is 4.18. The summed E-state index contributed by atoms with van der Waals surface area (Å²) in [6.45, 7) is 2.43. The molecule has 1 aliphatic rings. The lowest BCUT2D eigenvalue weighted by atomic mass is 9.69. The molecule has 2 unspecified atom stereocenters. The number of rotatable bonds is 8. The van der Waals surface area contributed by atoms with Crippen molar-refractivity contribution in [2.24, 2.45) is 5.41 Å². The molecule has 2 atom stereocenters. The Balaban J connectivity index is 1.59. The molecular weight excluding hydrogens is 378 g/mol. The van der Waals surface area contributed by atoms with Gasteiger partial charge in [-0.25, -0.2) is 4.98 Å². The number of ether oxygens (including phenoxy) is 1. The molecule has 0 spiro atoms. The number of fused-ring (bicyclic) bond motifs is 1. The van der Waals surface area contributed by atoms with E-state index in [1.165, 1.54) is 5.56 Å². The van der Waals surface area contributed by atoms with Crippen LogP contribution in [0, 0.1) is 5.41 Å². The number of imidazole rings is 1. The normalized spacial score (nSPS) is 17.5. The van der Waals surface area contributed by atoms with Gasteiger partial charge in [-0.1, -0.05) is 30.7 Å². The summed E-state index contributed by atoms with van der Waals surface area (Å²) < 4.78 is 5.89. The van der Waals surface area contributed by atoms with Crippen LogP contribution in [-0.2, 0) is 4.79 Å². The van der Waals surface area contributed by atoms with Crippen molar-refractivity contribution >= 4 is 16.7 Å². The van der Waals surface area contributed by atoms with Crippen LogP contribution in [-0.4, -0.2) is 52.7 Å². The standard InChI is InChI=1S/C24H29N3O3/c1-16(27(2)3)21(22-25-11-12-26-22)19-6-5-18-14-20(8-7-17(18)13-19)30-15-24(23(28)29)9-4-10-24/h5-8,11-14,16,21H,4,9-10,15H2,1-3H3,(H,25,26)(H,28,29). The summed E-state index contributed by atoms with van der Waals surface area (Å²) in [5, 5.41) is 11.7. The highest BCUT2D eigenvalue weighted by Crippen LogP contribution is 2.41. The Kier molecular flexibility index (Phi) is 5.52. The molecule has 0 radical (unpaired) electrons. The largest absolute Gasteiger partial charge is 0.492 e. The van der Waals surface area contributed by atoms with Crippen LogP contribution in [0.5, 0.6) is 5.75 Å². The molecule has 3 aromatic rings. The topological polar surface area (TPSA) is 78.5 Å². The van der Waals surface area contributed by atoms with Gasteiger partial charge in [0, 0.05) is 18.4 Å². The molecule has 4 rings (SSSR count). The summed E-state index contributed by atoms with van der Waals surface area (Å²) in [6.07, 6.45) is 6.00. The third-order valence-corrected chi connectivity index (χ3v) is 6.59. The SMILES string of the molecule is CC(C(c1ccc2cc(OCC3(C(=O)O)CCC3)ccc2c1)c1ncc[nH]1)N(C)C. The van der Waals surface area contributed by atoms with E-state index < -0.39 is 11.4 Å². The molecule has 2 aromatic carbocycles. The lowest BCUT2D eigenvalue weighted by Crippen LogP contribution is -2.43. The second-order valence-corrected chi connectivity index (χ2v) is 8.65. The number of aromatic nitrogens is 2. The minimum Gasteiger partial charge on any atom is -0.492 e. The first-order valence-corrected chi connectivity index (χ1v) is 10.5. The van der Waals surface area contributed by atoms with E-state index in [1.54, 1.807) is 6.20 Å². The summed E-state index contributed by atoms with van der Waals surface area (Å²) >= 11 is 0. The van der Waals surface area contributed by atoms with Crippen LogP contribution in [0.25, 0.3) is 10.8 Å². The number of H-pyrrole nitrogens is 1. The average molecular weight is 408 g/mol. The molecule has 1 heterocycles. The van der Waals surface area contributed by atoms with Crippen molar-refractivity contribution in [2.45, 2.75) is 38.1 Å². The quantitative estimate of drug-likeness (QED) is 0.583. The van der Waals surface area contributed by atoms with Gasteiger partial charge in [-0.05, 0) is 62.3 Å². The van der Waals surface area contributed by atoms with Crippen LogP contribution in [0.15, 0.2) is 48.8 Å². The van der Waals surface area contributed by atoms with E-state index in [0.29, 0.717) is 18.6 Å². The molecule has 0 saturated heterocycles. The van der Waals surface area contributed by atoms with Gasteiger partial charge in [0.05, 0.1) is 5.92 Å². The lowest BCUT2D eigenvalue weighted by Gasteiger charge is -2.37. The first-order valence-electron chi connectivity index (χ1n) is 10.5. The van der Waals surface area contributed by atoms with E-state index in [2.05, 4.69) is 54.1 Å². The minimum absolute atomic E-state index is 0.129. The molecule has 0 amide bonds. The summed E-state index contributed by atoms with van der Waals surface area (Å²) in [5.74, 6) is 1.05. The number of hydrogen-bond donors (Lipinski definition) is 2. The number of carboxylic acids is 1. The van der Waals surface area contributed by atoms with E-state index in [1.807, 2.05) is 24.4 Å². The zero-order valence-electron chi connectivity index (χ0n) is 17.8. The Morgan fingerprint density at radius 3 is 2.57 bits per heavy atom. The number of benzene rings is 2. The third kappa shape index (κ3) is 3.79. The minimum atomic E-state index is -0.752. The summed E-state index contributed by atoms with van der Waals surface area (Å²) in [4.78, 5) is 21.5. The Morgan fingerprint density at radius 1 is 1.23 bits per heavy atom. The van der Waals surface area contributed by atoms with Crippen molar-refractivity contribution in [3.05, 3.63) is 60.2 Å². The highest BCUT2D eigenvalue weighted by molar-refractivity contribution is 5.85. The zero-order valence-corrected chi connectivity index (χ0v) is 17.8. The molecule has 6 heteroatoms. The molecule has 30 heavy (non-hydrogen) atoms. The molecule has 1 aliphatic carbocycles. The number of nitrogens with one attached hydrogen (secondary N) is 1. The monoisotopic (exact) mass is 407 g/mol. The summed E-state index contributed by atoms with van der Waals surface area (Å²) in [5.41, 5.74) is 0.490. The fraction of sp³-hybridized carbons (Fsp3) is 0.417. The van der Waals surface area contributed by atoms with Crippen molar-refractivity contribution in [3.8, 4) is 5.75 Å². The van der Waals surface area contributed by atoms with E-state index in [4.69, 9.17) is 4.74 Å². The van der Waals surface area contributed by atoms with Gasteiger partial charge in [0.1, 0.15) is 23.6 Å². The van der Waals surface area contributed by atoms with Gasteiger partial charge in [-0.3, -0.25) is 4.79 Å². The third-order valence-electron chi connectivity index (χ3n) is 6.59. The Bertz CT molecular complexity index is 1030. The number of aromatic amines is 1. The zero-order chi connectivity index (χ0) is 21.3. The number of carbonyl (C=O) groups is 1. The van der Waals surface area contributed by atoms with Crippen molar-refractivity contribution < 1.29 is 14.6 Å². The average Bonchev–Trinajstić information content (AvgIpc) is 3.21. The van der Waals surface area contributed by atoms with Crippen molar-refractivity contribution in [2.75, 3.05) is 20.7 Å². The number of carboxylic acid groups (broad SMARTS) is 1. The maximum absolute atomic E-state index is 11.5. The summed E-state index contributed by atoms with van der Waals surface area (Å²) in [6, 6.07) is 12.7. The van der Waals surface area contributed by atoms with E-state index >= 15 is 0 Å². The van der Waals surface area contributed by atoms with Crippen LogP contribution in [0.4, 0.5) is 0 Å². The van der Waals surface area contributed by atoms with Crippen LogP contribution < -0.4 is 4.74 Å². The van der Waals surface area contributed by atoms with Crippen molar-refractivity contribution in [1.82, 2.24) is 14.9 Å². The predicted molar refractivity (Wildman–Crippen MR) is 117 cm³/mol. The van der Waals surface area contributed by atoms with E-state index in [0.717, 1.165) is 23.0 Å². The van der Waals surface area contributed by atoms with Gasteiger partial charge in [-0.15, -0.1) is 0 Å². The van der Waals surface area contributed by atoms with E-state index in [9.17, 15) is 9.90 Å². The highest BCUT2D eigenvalue weighted by Gasteiger charge is 2.45. The lowest BCUT2D eigenvalue weighted by molar-refractivity contribution is -0.157. The van der Waals surface area contributed by atoms with Crippen LogP contribution >= 0.6 is 0 Å². The second-order valence-electron chi connectivity index (χ2n) is 8.65. The van der Waals surface area contributed by atoms with Crippen LogP contribution in [0.2, 0.25) is 0 Å². The number of aliphatic carboxylic acids is 1. The smallest absolute Gasteiger partial charge is 0.313 e. The van der Waals surface area contributed by atoms with Gasteiger partial charge in [-0.2, -0.15) is 0 Å². The molecule has 0 aliphatic heterocycles. The van der Waals surface area contributed by atoms with Gasteiger partial charge >= 0.3 is 5.97 Å². The Morgan fingerprint density at radius 2 is 1.97 bits per heavy atom. The predicted octanol–water partition coefficient (Wildman–Crippen LogP) is 4.28. The number of likely N-dealkylation sites (N-methyl/N-ethyl adjacent to an activating group) is 1. The van der Waals surface area contributed by atoms with Crippen LogP contribution in [0.3, 0.4) is 0 Å². The fourth-order valence-electron chi connectivity index (χ4n) is 4.18. The molecule has 1 fully saturated rings. The maximum atomic E-state index is 11.5. The first kappa shape index (κ1) is 20.4. The molecule has 0 bridgehead atoms. The molecule has 6 nitrogen and oxygen atoms in total. The van der Waals surface area contributed by atoms with Gasteiger partial charge in [0.2, 0.25) is 0 Å². The van der Waals surface area contributed by atoms with Crippen LogP contribution in [0.1, 0.15) is 43.5 Å². The van der Waals surface area contributed by atoms with Crippen molar-refractivity contribution in [3.63, 3.8) is 0 Å². The Labute approximate surface area is 176 Å². The molecule has 2 N–H and O–H groups in total. The Hall–Kier alpha value is -2.86. The van der Waals surface area contributed by atoms with E-state index in [-0.39, 0.29) is 18.6 Å². The van der Waals surface area contributed by atoms with Crippen molar-refractivity contribution in [1.29, 1.82) is 0 Å². The first-order chi connectivity index (χ1) is 14.4. The maximum Gasteiger partial charge on any atom is 0.313 e. The second kappa shape index (κ2) is 8.11.